The standard InChI is InChI=1S/C19H26F3N3O.HI/c1-18(2,12-5-4-6-13(9-12)19(20,21)22)11-24-17(23-3)25-15-10-14-7-8-16(15)26-14;/h4-6,9,14-16H,7-8,10-11H2,1-3H3,(H2,23,24,25);1H. The summed E-state index contributed by atoms with van der Waals surface area (Å²) >= 11 is 0. The van der Waals surface area contributed by atoms with Gasteiger partial charge in [0.2, 0.25) is 0 Å². The van der Waals surface area contributed by atoms with E-state index in [0.29, 0.717) is 24.2 Å². The van der Waals surface area contributed by atoms with Crippen molar-refractivity contribution in [2.24, 2.45) is 4.99 Å². The van der Waals surface area contributed by atoms with Crippen LogP contribution < -0.4 is 10.6 Å². The zero-order valence-electron chi connectivity index (χ0n) is 15.8. The predicted octanol–water partition coefficient (Wildman–Crippen LogP) is 4.09. The molecule has 0 saturated carbocycles. The Morgan fingerprint density at radius 2 is 1.93 bits per heavy atom. The van der Waals surface area contributed by atoms with Gasteiger partial charge in [-0.05, 0) is 30.9 Å². The number of alkyl halides is 3. The lowest BCUT2D eigenvalue weighted by Gasteiger charge is -2.29. The third kappa shape index (κ3) is 5.28. The summed E-state index contributed by atoms with van der Waals surface area (Å²) in [5, 5.41) is 6.65. The molecule has 4 nitrogen and oxygen atoms in total. The van der Waals surface area contributed by atoms with Crippen molar-refractivity contribution in [2.45, 2.75) is 63.0 Å². The number of aliphatic imine (C=N–C) groups is 1. The fraction of sp³-hybridized carbons (Fsp3) is 0.632. The molecule has 3 unspecified atom stereocenters. The summed E-state index contributed by atoms with van der Waals surface area (Å²) in [4.78, 5) is 4.25. The minimum Gasteiger partial charge on any atom is -0.373 e. The first-order valence-corrected chi connectivity index (χ1v) is 8.99. The molecule has 27 heavy (non-hydrogen) atoms. The quantitative estimate of drug-likeness (QED) is 0.375. The molecule has 8 heteroatoms. The average Bonchev–Trinajstić information content (AvgIpc) is 3.21. The van der Waals surface area contributed by atoms with Gasteiger partial charge in [-0.1, -0.05) is 32.0 Å². The van der Waals surface area contributed by atoms with Crippen molar-refractivity contribution >= 4 is 29.9 Å². The van der Waals surface area contributed by atoms with Gasteiger partial charge < -0.3 is 15.4 Å². The Morgan fingerprint density at radius 3 is 2.48 bits per heavy atom. The molecule has 2 aliphatic rings. The summed E-state index contributed by atoms with van der Waals surface area (Å²) in [5.41, 5.74) is -0.465. The zero-order valence-corrected chi connectivity index (χ0v) is 18.1. The number of hydrogen-bond acceptors (Lipinski definition) is 2. The number of ether oxygens (including phenoxy) is 1. The van der Waals surface area contributed by atoms with Gasteiger partial charge in [0.1, 0.15) is 0 Å². The van der Waals surface area contributed by atoms with E-state index in [4.69, 9.17) is 4.74 Å². The van der Waals surface area contributed by atoms with E-state index in [1.807, 2.05) is 13.8 Å². The van der Waals surface area contributed by atoms with E-state index in [1.165, 1.54) is 12.1 Å². The number of guanidine groups is 1. The number of fused-ring (bicyclic) bond motifs is 2. The second-order valence-electron chi connectivity index (χ2n) is 7.75. The Labute approximate surface area is 175 Å². The van der Waals surface area contributed by atoms with Crippen molar-refractivity contribution in [1.82, 2.24) is 10.6 Å². The average molecular weight is 497 g/mol. The number of benzene rings is 1. The highest BCUT2D eigenvalue weighted by atomic mass is 127. The molecule has 3 rings (SSSR count). The van der Waals surface area contributed by atoms with Crippen LogP contribution in [0.4, 0.5) is 13.2 Å². The largest absolute Gasteiger partial charge is 0.416 e. The molecule has 2 heterocycles. The highest BCUT2D eigenvalue weighted by molar-refractivity contribution is 14.0. The summed E-state index contributed by atoms with van der Waals surface area (Å²) in [6, 6.07) is 5.76. The lowest BCUT2D eigenvalue weighted by atomic mass is 9.84. The van der Waals surface area contributed by atoms with Crippen molar-refractivity contribution in [1.29, 1.82) is 0 Å². The number of hydrogen-bond donors (Lipinski definition) is 2. The van der Waals surface area contributed by atoms with Gasteiger partial charge in [0.05, 0.1) is 23.8 Å². The van der Waals surface area contributed by atoms with E-state index in [0.717, 1.165) is 25.3 Å². The van der Waals surface area contributed by atoms with Crippen molar-refractivity contribution in [3.63, 3.8) is 0 Å². The van der Waals surface area contributed by atoms with Gasteiger partial charge in [-0.3, -0.25) is 4.99 Å². The molecule has 152 valence electrons. The molecule has 2 fully saturated rings. The zero-order chi connectivity index (χ0) is 18.9. The van der Waals surface area contributed by atoms with Gasteiger partial charge in [-0.2, -0.15) is 13.2 Å². The van der Waals surface area contributed by atoms with Gasteiger partial charge >= 0.3 is 6.18 Å². The van der Waals surface area contributed by atoms with Gasteiger partial charge in [0.15, 0.2) is 5.96 Å². The van der Waals surface area contributed by atoms with Gasteiger partial charge in [-0.25, -0.2) is 0 Å². The van der Waals surface area contributed by atoms with Crippen LogP contribution in [0.15, 0.2) is 29.3 Å². The van der Waals surface area contributed by atoms with E-state index in [1.54, 1.807) is 13.1 Å². The molecular formula is C19H27F3IN3O. The normalized spacial score (nSPS) is 25.3. The molecule has 3 atom stereocenters. The molecule has 2 aliphatic heterocycles. The first kappa shape index (κ1) is 22.3. The molecule has 0 aromatic heterocycles. The minimum absolute atomic E-state index is 0. The molecule has 1 aromatic rings. The first-order valence-electron chi connectivity index (χ1n) is 8.99. The molecule has 1 aromatic carbocycles. The van der Waals surface area contributed by atoms with Gasteiger partial charge in [0, 0.05) is 19.0 Å². The highest BCUT2D eigenvalue weighted by Gasteiger charge is 2.41. The molecule has 0 aliphatic carbocycles. The van der Waals surface area contributed by atoms with Crippen molar-refractivity contribution in [2.75, 3.05) is 13.6 Å². The first-order chi connectivity index (χ1) is 12.2. The summed E-state index contributed by atoms with van der Waals surface area (Å²) < 4.78 is 44.7. The Morgan fingerprint density at radius 1 is 1.22 bits per heavy atom. The van der Waals surface area contributed by atoms with Crippen LogP contribution >= 0.6 is 24.0 Å². The summed E-state index contributed by atoms with van der Waals surface area (Å²) in [5.74, 6) is 0.659. The summed E-state index contributed by atoms with van der Waals surface area (Å²) in [6.45, 7) is 4.31. The van der Waals surface area contributed by atoms with Crippen LogP contribution in [0.25, 0.3) is 0 Å². The molecule has 2 saturated heterocycles. The van der Waals surface area contributed by atoms with Crippen LogP contribution in [-0.4, -0.2) is 37.8 Å². The Hall–Kier alpha value is -1.03. The fourth-order valence-corrected chi connectivity index (χ4v) is 3.68. The van der Waals surface area contributed by atoms with Crippen molar-refractivity contribution in [3.8, 4) is 0 Å². The van der Waals surface area contributed by atoms with Crippen LogP contribution in [0.2, 0.25) is 0 Å². The van der Waals surface area contributed by atoms with Crippen molar-refractivity contribution < 1.29 is 17.9 Å². The maximum Gasteiger partial charge on any atom is 0.416 e. The predicted molar refractivity (Wildman–Crippen MR) is 111 cm³/mol. The lowest BCUT2D eigenvalue weighted by Crippen LogP contribution is -2.49. The molecule has 2 N–H and O–H groups in total. The number of nitrogens with one attached hydrogen (secondary N) is 2. The highest BCUT2D eigenvalue weighted by Crippen LogP contribution is 2.34. The van der Waals surface area contributed by atoms with Gasteiger partial charge in [0.25, 0.3) is 0 Å². The molecule has 2 bridgehead atoms. The summed E-state index contributed by atoms with van der Waals surface area (Å²) in [7, 11) is 1.70. The monoisotopic (exact) mass is 497 g/mol. The topological polar surface area (TPSA) is 45.7 Å². The third-order valence-corrected chi connectivity index (χ3v) is 5.32. The summed E-state index contributed by atoms with van der Waals surface area (Å²) in [6.07, 6.45) is -0.597. The van der Waals surface area contributed by atoms with E-state index in [2.05, 4.69) is 15.6 Å². The van der Waals surface area contributed by atoms with E-state index in [9.17, 15) is 13.2 Å². The van der Waals surface area contributed by atoms with Crippen LogP contribution in [0.3, 0.4) is 0 Å². The Kier molecular flexibility index (Phi) is 7.05. The smallest absolute Gasteiger partial charge is 0.373 e. The lowest BCUT2D eigenvalue weighted by molar-refractivity contribution is -0.137. The van der Waals surface area contributed by atoms with Crippen LogP contribution in [0.5, 0.6) is 0 Å². The maximum absolute atomic E-state index is 13.0. The second kappa shape index (κ2) is 8.55. The maximum atomic E-state index is 13.0. The van der Waals surface area contributed by atoms with Gasteiger partial charge in [-0.15, -0.1) is 24.0 Å². The second-order valence-corrected chi connectivity index (χ2v) is 7.75. The van der Waals surface area contributed by atoms with E-state index < -0.39 is 17.2 Å². The van der Waals surface area contributed by atoms with E-state index in [-0.39, 0.29) is 36.1 Å². The van der Waals surface area contributed by atoms with E-state index >= 15 is 0 Å². The molecule has 0 spiro atoms. The third-order valence-electron chi connectivity index (χ3n) is 5.32. The fourth-order valence-electron chi connectivity index (χ4n) is 3.68. The number of rotatable bonds is 4. The molecule has 0 radical (unpaired) electrons. The Bertz CT molecular complexity index is 678. The SMILES string of the molecule is CN=C(NCC(C)(C)c1cccc(C(F)(F)F)c1)NC1CC2CCC1O2.I. The van der Waals surface area contributed by atoms with Crippen LogP contribution in [0.1, 0.15) is 44.2 Å². The number of halogens is 4. The minimum atomic E-state index is -4.33. The Balaban J connectivity index is 0.00000261. The molecular weight excluding hydrogens is 470 g/mol. The number of nitrogens with zero attached hydrogens (tertiary/aromatic N) is 1. The molecule has 0 amide bonds. The van der Waals surface area contributed by atoms with Crippen LogP contribution in [-0.2, 0) is 16.3 Å². The van der Waals surface area contributed by atoms with Crippen molar-refractivity contribution in [3.05, 3.63) is 35.4 Å². The van der Waals surface area contributed by atoms with Crippen LogP contribution in [0, 0.1) is 0 Å².